The lowest BCUT2D eigenvalue weighted by atomic mass is 10.2. The predicted octanol–water partition coefficient (Wildman–Crippen LogP) is 3.43. The number of carbonyl (C=O) groups is 1. The highest BCUT2D eigenvalue weighted by Crippen LogP contribution is 2.28. The fourth-order valence-electron chi connectivity index (χ4n) is 2.60. The van der Waals surface area contributed by atoms with Crippen LogP contribution in [-0.2, 0) is 20.4 Å². The van der Waals surface area contributed by atoms with Crippen LogP contribution in [0.2, 0.25) is 0 Å². The molecule has 5 nitrogen and oxygen atoms in total. The van der Waals surface area contributed by atoms with Crippen LogP contribution in [0.5, 0.6) is 0 Å². The van der Waals surface area contributed by atoms with Crippen LogP contribution in [0.3, 0.4) is 0 Å². The second-order valence-corrected chi connectivity index (χ2v) is 10.0. The van der Waals surface area contributed by atoms with Crippen LogP contribution in [0.25, 0.3) is 9.88 Å². The highest BCUT2D eigenvalue weighted by molar-refractivity contribution is 7.91. The summed E-state index contributed by atoms with van der Waals surface area (Å²) in [5.41, 5.74) is 0.497. The zero-order valence-corrected chi connectivity index (χ0v) is 16.7. The molecule has 2 heterocycles. The minimum Gasteiger partial charge on any atom is -0.337 e. The van der Waals surface area contributed by atoms with E-state index < -0.39 is 15.6 Å². The molecule has 2 aromatic heterocycles. The first-order valence-electron chi connectivity index (χ1n) is 7.69. The second kappa shape index (κ2) is 7.76. The van der Waals surface area contributed by atoms with Crippen molar-refractivity contribution in [2.24, 2.45) is 0 Å². The van der Waals surface area contributed by atoms with Gasteiger partial charge in [-0.1, -0.05) is 6.07 Å². The lowest BCUT2D eigenvalue weighted by Crippen LogP contribution is -2.45. The van der Waals surface area contributed by atoms with Crippen molar-refractivity contribution in [1.29, 1.82) is 0 Å². The van der Waals surface area contributed by atoms with E-state index in [1.807, 2.05) is 45.2 Å². The molecule has 0 atom stereocenters. The Morgan fingerprint density at radius 2 is 1.88 bits per heavy atom. The van der Waals surface area contributed by atoms with E-state index in [0.717, 1.165) is 9.88 Å². The molecular weight excluding hydrogens is 364 g/mol. The molecule has 0 radical (unpaired) electrons. The molecule has 0 N–H and O–H groups in total. The van der Waals surface area contributed by atoms with E-state index in [4.69, 9.17) is 0 Å². The molecule has 0 saturated carbocycles. The van der Waals surface area contributed by atoms with E-state index in [9.17, 15) is 13.2 Å². The summed E-state index contributed by atoms with van der Waals surface area (Å²) in [6.45, 7) is 7.55. The summed E-state index contributed by atoms with van der Waals surface area (Å²) >= 11 is 2.99. The smallest absolute Gasteiger partial charge is 0.238 e. The van der Waals surface area contributed by atoms with Crippen molar-refractivity contribution >= 4 is 38.4 Å². The quantitative estimate of drug-likeness (QED) is 0.731. The van der Waals surface area contributed by atoms with Crippen LogP contribution < -0.4 is 0 Å². The maximum atomic E-state index is 12.4. The van der Waals surface area contributed by atoms with Crippen molar-refractivity contribution in [3.8, 4) is 9.88 Å². The van der Waals surface area contributed by atoms with Gasteiger partial charge in [-0.05, 0) is 39.1 Å². The summed E-state index contributed by atoms with van der Waals surface area (Å²) in [4.78, 5) is 19.4. The molecule has 132 valence electrons. The second-order valence-electron chi connectivity index (χ2n) is 6.14. The molecule has 0 unspecified atom stereocenters. The summed E-state index contributed by atoms with van der Waals surface area (Å²) in [7, 11) is -3.55. The number of carbonyl (C=O) groups excluding carboxylic acids is 1. The number of sulfone groups is 1. The Morgan fingerprint density at radius 1 is 1.21 bits per heavy atom. The Kier molecular flexibility index (Phi) is 6.17. The van der Waals surface area contributed by atoms with E-state index in [2.05, 4.69) is 4.98 Å². The first-order chi connectivity index (χ1) is 11.2. The van der Waals surface area contributed by atoms with Gasteiger partial charge < -0.3 is 4.90 Å². The average molecular weight is 387 g/mol. The zero-order valence-electron chi connectivity index (χ0n) is 14.2. The van der Waals surface area contributed by atoms with Crippen molar-refractivity contribution in [2.45, 2.75) is 45.5 Å². The molecule has 1 amide bonds. The first kappa shape index (κ1) is 19.1. The van der Waals surface area contributed by atoms with Crippen molar-refractivity contribution in [2.75, 3.05) is 5.75 Å². The maximum Gasteiger partial charge on any atom is 0.238 e. The van der Waals surface area contributed by atoms with Crippen LogP contribution >= 0.6 is 22.7 Å². The van der Waals surface area contributed by atoms with Gasteiger partial charge in [0.2, 0.25) is 5.91 Å². The molecule has 0 aliphatic heterocycles. The van der Waals surface area contributed by atoms with Gasteiger partial charge in [-0.3, -0.25) is 4.79 Å². The number of rotatable bonds is 7. The Hall–Kier alpha value is -1.25. The van der Waals surface area contributed by atoms with Gasteiger partial charge in [-0.25, -0.2) is 13.4 Å². The molecule has 8 heteroatoms. The molecule has 0 bridgehead atoms. The fraction of sp³-hybridized carbons (Fsp3) is 0.500. The zero-order chi connectivity index (χ0) is 17.9. The molecule has 0 saturated heterocycles. The van der Waals surface area contributed by atoms with Crippen LogP contribution in [0.1, 0.15) is 33.4 Å². The van der Waals surface area contributed by atoms with Gasteiger partial charge in [0.25, 0.3) is 0 Å². The van der Waals surface area contributed by atoms with Gasteiger partial charge in [-0.15, -0.1) is 22.7 Å². The van der Waals surface area contributed by atoms with Gasteiger partial charge in [0.15, 0.2) is 9.84 Å². The Balaban J connectivity index is 2.07. The summed E-state index contributed by atoms with van der Waals surface area (Å²) in [5.74, 6) is -1.03. The SMILES string of the molecule is CC(C)N(C(=O)CS(=O)(=O)Cc1csc(-c2cccs2)n1)C(C)C. The lowest BCUT2D eigenvalue weighted by Gasteiger charge is -2.30. The van der Waals surface area contributed by atoms with Crippen molar-refractivity contribution in [3.63, 3.8) is 0 Å². The van der Waals surface area contributed by atoms with E-state index in [0.29, 0.717) is 5.69 Å². The number of thiophene rings is 1. The van der Waals surface area contributed by atoms with Crippen LogP contribution in [0, 0.1) is 0 Å². The Labute approximate surface area is 151 Å². The van der Waals surface area contributed by atoms with E-state index in [1.165, 1.54) is 11.3 Å². The van der Waals surface area contributed by atoms with Crippen LogP contribution in [0.15, 0.2) is 22.9 Å². The summed E-state index contributed by atoms with van der Waals surface area (Å²) in [5, 5.41) is 4.52. The molecule has 0 aliphatic rings. The van der Waals surface area contributed by atoms with E-state index in [1.54, 1.807) is 21.6 Å². The number of hydrogen-bond donors (Lipinski definition) is 0. The number of amides is 1. The van der Waals surface area contributed by atoms with Gasteiger partial charge in [0.05, 0.1) is 16.3 Å². The van der Waals surface area contributed by atoms with Crippen molar-refractivity contribution in [3.05, 3.63) is 28.6 Å². The largest absolute Gasteiger partial charge is 0.337 e. The van der Waals surface area contributed by atoms with Gasteiger partial charge in [0, 0.05) is 17.5 Å². The normalized spacial score (nSPS) is 12.1. The average Bonchev–Trinajstić information content (AvgIpc) is 3.06. The van der Waals surface area contributed by atoms with Crippen molar-refractivity contribution in [1.82, 2.24) is 9.88 Å². The van der Waals surface area contributed by atoms with E-state index in [-0.39, 0.29) is 23.7 Å². The lowest BCUT2D eigenvalue weighted by molar-refractivity contribution is -0.131. The third-order valence-electron chi connectivity index (χ3n) is 3.40. The highest BCUT2D eigenvalue weighted by atomic mass is 32.2. The standard InChI is InChI=1S/C16H22N2O3S3/c1-11(2)18(12(3)4)15(19)10-24(20,21)9-13-8-23-16(17-13)14-6-5-7-22-14/h5-8,11-12H,9-10H2,1-4H3. The minimum atomic E-state index is -3.55. The molecule has 0 aliphatic carbocycles. The molecule has 0 fully saturated rings. The third-order valence-corrected chi connectivity index (χ3v) is 6.75. The summed E-state index contributed by atoms with van der Waals surface area (Å²) < 4.78 is 24.8. The molecule has 2 aromatic rings. The summed E-state index contributed by atoms with van der Waals surface area (Å²) in [6, 6.07) is 3.83. The van der Waals surface area contributed by atoms with Gasteiger partial charge >= 0.3 is 0 Å². The highest BCUT2D eigenvalue weighted by Gasteiger charge is 2.26. The van der Waals surface area contributed by atoms with Crippen LogP contribution in [-0.4, -0.2) is 42.0 Å². The molecule has 2 rings (SSSR count). The summed E-state index contributed by atoms with van der Waals surface area (Å²) in [6.07, 6.45) is 0. The Morgan fingerprint density at radius 3 is 2.42 bits per heavy atom. The van der Waals surface area contributed by atoms with Crippen molar-refractivity contribution < 1.29 is 13.2 Å². The van der Waals surface area contributed by atoms with Gasteiger partial charge in [-0.2, -0.15) is 0 Å². The predicted molar refractivity (Wildman–Crippen MR) is 100 cm³/mol. The monoisotopic (exact) mass is 386 g/mol. The topological polar surface area (TPSA) is 67.3 Å². The minimum absolute atomic E-state index is 0.0302. The Bertz CT molecular complexity index is 769. The number of thiazole rings is 1. The fourth-order valence-corrected chi connectivity index (χ4v) is 5.56. The number of nitrogens with zero attached hydrogens (tertiary/aromatic N) is 2. The molecule has 0 aromatic carbocycles. The maximum absolute atomic E-state index is 12.4. The van der Waals surface area contributed by atoms with E-state index >= 15 is 0 Å². The molecule has 24 heavy (non-hydrogen) atoms. The number of hydrogen-bond acceptors (Lipinski definition) is 6. The first-order valence-corrected chi connectivity index (χ1v) is 11.3. The molecule has 0 spiro atoms. The van der Waals surface area contributed by atoms with Gasteiger partial charge in [0.1, 0.15) is 10.8 Å². The molecular formula is C16H22N2O3S3. The third kappa shape index (κ3) is 4.87. The van der Waals surface area contributed by atoms with Crippen LogP contribution in [0.4, 0.5) is 0 Å². The number of aromatic nitrogens is 1.